The molecule has 1 N–H and O–H groups in total. The summed E-state index contributed by atoms with van der Waals surface area (Å²) in [4.78, 5) is 11.3. The molecule has 120 valence electrons. The van der Waals surface area contributed by atoms with Gasteiger partial charge >= 0.3 is 0 Å². The summed E-state index contributed by atoms with van der Waals surface area (Å²) in [5.74, 6) is 0.275. The molecule has 0 fully saturated rings. The predicted molar refractivity (Wildman–Crippen MR) is 76.5 cm³/mol. The summed E-state index contributed by atoms with van der Waals surface area (Å²) in [5.41, 5.74) is 0. The van der Waals surface area contributed by atoms with Crippen molar-refractivity contribution in [1.82, 2.24) is 5.32 Å². The highest BCUT2D eigenvalue weighted by Crippen LogP contribution is 1.90. The van der Waals surface area contributed by atoms with Crippen molar-refractivity contribution in [2.24, 2.45) is 5.92 Å². The lowest BCUT2D eigenvalue weighted by Crippen LogP contribution is -2.30. The lowest BCUT2D eigenvalue weighted by molar-refractivity contribution is -0.128. The summed E-state index contributed by atoms with van der Waals surface area (Å²) in [6.45, 7) is 10.9. The molecule has 20 heavy (non-hydrogen) atoms. The van der Waals surface area contributed by atoms with E-state index in [0.29, 0.717) is 39.0 Å². The van der Waals surface area contributed by atoms with Crippen molar-refractivity contribution < 1.29 is 23.7 Å². The van der Waals surface area contributed by atoms with Crippen LogP contribution in [0.4, 0.5) is 0 Å². The summed E-state index contributed by atoms with van der Waals surface area (Å²) >= 11 is 0. The van der Waals surface area contributed by atoms with Gasteiger partial charge in [0, 0.05) is 0 Å². The van der Waals surface area contributed by atoms with E-state index >= 15 is 0 Å². The van der Waals surface area contributed by atoms with Crippen LogP contribution in [0, 0.1) is 5.92 Å². The third kappa shape index (κ3) is 15.4. The van der Waals surface area contributed by atoms with Crippen LogP contribution in [-0.4, -0.2) is 58.4 Å². The molecule has 0 atom stereocenters. The second kappa shape index (κ2) is 13.3. The van der Waals surface area contributed by atoms with Gasteiger partial charge in [0.25, 0.3) is 0 Å². The van der Waals surface area contributed by atoms with Crippen LogP contribution in [0.5, 0.6) is 0 Å². The Bertz CT molecular complexity index is 234. The molecule has 0 aromatic heterocycles. The van der Waals surface area contributed by atoms with E-state index in [-0.39, 0.29) is 25.3 Å². The molecule has 0 bridgehead atoms. The van der Waals surface area contributed by atoms with Gasteiger partial charge in [0.05, 0.1) is 39.1 Å². The molecule has 0 saturated carbocycles. The second-order valence-corrected chi connectivity index (χ2v) is 5.09. The summed E-state index contributed by atoms with van der Waals surface area (Å²) in [6, 6.07) is 0. The molecule has 0 aliphatic rings. The van der Waals surface area contributed by atoms with E-state index < -0.39 is 0 Å². The first-order valence-electron chi connectivity index (χ1n) is 7.14. The fourth-order valence-electron chi connectivity index (χ4n) is 1.20. The largest absolute Gasteiger partial charge is 0.377 e. The Kier molecular flexibility index (Phi) is 12.8. The molecule has 0 heterocycles. The van der Waals surface area contributed by atoms with Crippen LogP contribution in [-0.2, 0) is 23.7 Å². The standard InChI is InChI=1S/C14H29NO5/c1-12(2)9-19-11-15-14(16)10-18-6-5-17-7-8-20-13(3)4/h12-13H,5-11H2,1-4H3,(H,15,16). The number of nitrogens with one attached hydrogen (secondary N) is 1. The number of hydrogen-bond donors (Lipinski definition) is 1. The molecule has 0 aliphatic heterocycles. The third-order valence-corrected chi connectivity index (χ3v) is 2.11. The van der Waals surface area contributed by atoms with Gasteiger partial charge in [0.15, 0.2) is 0 Å². The van der Waals surface area contributed by atoms with Crippen molar-refractivity contribution in [3.05, 3.63) is 0 Å². The average molecular weight is 291 g/mol. The molecule has 0 saturated heterocycles. The molecule has 0 rings (SSSR count). The molecular weight excluding hydrogens is 262 g/mol. The number of hydrogen-bond acceptors (Lipinski definition) is 5. The van der Waals surface area contributed by atoms with E-state index in [4.69, 9.17) is 18.9 Å². The molecule has 0 spiro atoms. The van der Waals surface area contributed by atoms with Crippen molar-refractivity contribution in [2.45, 2.75) is 33.8 Å². The fourth-order valence-corrected chi connectivity index (χ4v) is 1.20. The minimum absolute atomic E-state index is 0.0247. The first kappa shape index (κ1) is 19.3. The molecule has 6 nitrogen and oxygen atoms in total. The predicted octanol–water partition coefficient (Wildman–Crippen LogP) is 1.19. The van der Waals surface area contributed by atoms with Crippen LogP contribution in [0.2, 0.25) is 0 Å². The van der Waals surface area contributed by atoms with Gasteiger partial charge in [-0.2, -0.15) is 0 Å². The van der Waals surface area contributed by atoms with Crippen LogP contribution in [0.1, 0.15) is 27.7 Å². The van der Waals surface area contributed by atoms with Crippen LogP contribution >= 0.6 is 0 Å². The number of rotatable bonds is 13. The molecule has 1 amide bonds. The summed E-state index contributed by atoms with van der Waals surface area (Å²) in [5, 5.41) is 2.61. The zero-order chi connectivity index (χ0) is 15.2. The van der Waals surface area contributed by atoms with Gasteiger partial charge in [-0.1, -0.05) is 13.8 Å². The van der Waals surface area contributed by atoms with Crippen LogP contribution in [0.15, 0.2) is 0 Å². The number of carbonyl (C=O) groups excluding carboxylic acids is 1. The number of ether oxygens (including phenoxy) is 4. The first-order valence-corrected chi connectivity index (χ1v) is 7.14. The Balaban J connectivity index is 3.19. The smallest absolute Gasteiger partial charge is 0.247 e. The molecule has 0 aromatic rings. The number of carbonyl (C=O) groups is 1. The zero-order valence-electron chi connectivity index (χ0n) is 13.1. The third-order valence-electron chi connectivity index (χ3n) is 2.11. The van der Waals surface area contributed by atoms with E-state index in [2.05, 4.69) is 19.2 Å². The van der Waals surface area contributed by atoms with E-state index in [1.54, 1.807) is 0 Å². The Hall–Kier alpha value is -0.690. The van der Waals surface area contributed by atoms with Gasteiger partial charge < -0.3 is 24.3 Å². The van der Waals surface area contributed by atoms with Crippen LogP contribution in [0.3, 0.4) is 0 Å². The highest BCUT2D eigenvalue weighted by molar-refractivity contribution is 5.76. The van der Waals surface area contributed by atoms with Crippen molar-refractivity contribution in [1.29, 1.82) is 0 Å². The molecule has 0 radical (unpaired) electrons. The van der Waals surface area contributed by atoms with Gasteiger partial charge in [0.1, 0.15) is 13.3 Å². The maximum Gasteiger partial charge on any atom is 0.247 e. The Morgan fingerprint density at radius 2 is 1.60 bits per heavy atom. The Morgan fingerprint density at radius 1 is 0.950 bits per heavy atom. The minimum atomic E-state index is -0.183. The van der Waals surface area contributed by atoms with Crippen LogP contribution < -0.4 is 5.32 Å². The normalized spacial score (nSPS) is 11.3. The topological polar surface area (TPSA) is 66.0 Å². The molecule has 0 aliphatic carbocycles. The fraction of sp³-hybridized carbons (Fsp3) is 0.929. The van der Waals surface area contributed by atoms with E-state index in [1.807, 2.05) is 13.8 Å². The SMILES string of the molecule is CC(C)COCNC(=O)COCCOCCOC(C)C. The van der Waals surface area contributed by atoms with Gasteiger partial charge in [-0.25, -0.2) is 0 Å². The molecule has 6 heteroatoms. The quantitative estimate of drug-likeness (QED) is 0.408. The second-order valence-electron chi connectivity index (χ2n) is 5.09. The Morgan fingerprint density at radius 3 is 2.25 bits per heavy atom. The average Bonchev–Trinajstić information content (AvgIpc) is 2.37. The van der Waals surface area contributed by atoms with Crippen molar-refractivity contribution in [3.8, 4) is 0 Å². The van der Waals surface area contributed by atoms with Crippen LogP contribution in [0.25, 0.3) is 0 Å². The van der Waals surface area contributed by atoms with Gasteiger partial charge in [-0.15, -0.1) is 0 Å². The lowest BCUT2D eigenvalue weighted by atomic mass is 10.2. The van der Waals surface area contributed by atoms with Gasteiger partial charge in [-0.05, 0) is 19.8 Å². The summed E-state index contributed by atoms with van der Waals surface area (Å²) in [6.07, 6.45) is 0.219. The van der Waals surface area contributed by atoms with E-state index in [9.17, 15) is 4.79 Å². The minimum Gasteiger partial charge on any atom is -0.377 e. The van der Waals surface area contributed by atoms with Crippen molar-refractivity contribution >= 4 is 5.91 Å². The lowest BCUT2D eigenvalue weighted by Gasteiger charge is -2.09. The molecule has 0 aromatic carbocycles. The number of amides is 1. The van der Waals surface area contributed by atoms with E-state index in [1.165, 1.54) is 0 Å². The maximum absolute atomic E-state index is 11.3. The van der Waals surface area contributed by atoms with Gasteiger partial charge in [0.2, 0.25) is 5.91 Å². The van der Waals surface area contributed by atoms with Crippen molar-refractivity contribution in [3.63, 3.8) is 0 Å². The highest BCUT2D eigenvalue weighted by atomic mass is 16.5. The summed E-state index contributed by atoms with van der Waals surface area (Å²) < 4.78 is 21.0. The Labute approximate surface area is 122 Å². The van der Waals surface area contributed by atoms with Gasteiger partial charge in [-0.3, -0.25) is 4.79 Å². The highest BCUT2D eigenvalue weighted by Gasteiger charge is 2.01. The maximum atomic E-state index is 11.3. The summed E-state index contributed by atoms with van der Waals surface area (Å²) in [7, 11) is 0. The van der Waals surface area contributed by atoms with E-state index in [0.717, 1.165) is 0 Å². The monoisotopic (exact) mass is 291 g/mol. The first-order chi connectivity index (χ1) is 9.52. The molecule has 0 unspecified atom stereocenters. The van der Waals surface area contributed by atoms with Crippen molar-refractivity contribution in [2.75, 3.05) is 46.4 Å². The molecular formula is C14H29NO5. The zero-order valence-corrected chi connectivity index (χ0v) is 13.1.